The highest BCUT2D eigenvalue weighted by atomic mass is 19.4. The number of amides is 1. The molecule has 0 radical (unpaired) electrons. The first-order chi connectivity index (χ1) is 9.10. The van der Waals surface area contributed by atoms with Crippen molar-refractivity contribution in [2.45, 2.75) is 6.18 Å². The average Bonchev–Trinajstić information content (AvgIpc) is 2.29. The molecule has 0 saturated carbocycles. The van der Waals surface area contributed by atoms with Crippen LogP contribution in [0.2, 0.25) is 0 Å². The van der Waals surface area contributed by atoms with Gasteiger partial charge in [0.15, 0.2) is 18.2 Å². The molecule has 0 bridgehead atoms. The van der Waals surface area contributed by atoms with Gasteiger partial charge in [0.25, 0.3) is 0 Å². The van der Waals surface area contributed by atoms with E-state index in [1.54, 1.807) is 5.32 Å². The number of benzene rings is 1. The first-order valence-electron chi connectivity index (χ1n) is 4.83. The minimum absolute atomic E-state index is 0.275. The van der Waals surface area contributed by atoms with Crippen LogP contribution in [0.1, 0.15) is 10.4 Å². The van der Waals surface area contributed by atoms with Gasteiger partial charge in [0.05, 0.1) is 11.3 Å². The summed E-state index contributed by atoms with van der Waals surface area (Å²) in [4.78, 5) is 21.7. The van der Waals surface area contributed by atoms with Gasteiger partial charge in [-0.1, -0.05) is 0 Å². The highest BCUT2D eigenvalue weighted by Gasteiger charge is 2.30. The highest BCUT2D eigenvalue weighted by molar-refractivity contribution is 5.98. The number of anilines is 1. The molecule has 1 rings (SSSR count). The van der Waals surface area contributed by atoms with Crippen LogP contribution in [0.15, 0.2) is 12.1 Å². The van der Waals surface area contributed by atoms with E-state index < -0.39 is 47.7 Å². The molecule has 0 aliphatic heterocycles. The molecule has 2 N–H and O–H groups in total. The SMILES string of the molecule is O=C(Nc1cc(F)c(F)cc1C(=O)O)OCC(F)(F)F. The summed E-state index contributed by atoms with van der Waals surface area (Å²) in [6, 6.07) is 0.588. The normalized spacial score (nSPS) is 11.1. The molecule has 1 aromatic carbocycles. The Hall–Kier alpha value is -2.39. The maximum atomic E-state index is 12.9. The summed E-state index contributed by atoms with van der Waals surface area (Å²) >= 11 is 0. The van der Waals surface area contributed by atoms with Crippen molar-refractivity contribution in [3.05, 3.63) is 29.3 Å². The second kappa shape index (κ2) is 5.72. The van der Waals surface area contributed by atoms with Gasteiger partial charge in [-0.15, -0.1) is 0 Å². The molecule has 0 heterocycles. The molecule has 0 aliphatic rings. The quantitative estimate of drug-likeness (QED) is 0.841. The topological polar surface area (TPSA) is 75.6 Å². The van der Waals surface area contributed by atoms with Crippen LogP contribution in [0.5, 0.6) is 0 Å². The Kier molecular flexibility index (Phi) is 4.48. The second-order valence-corrected chi connectivity index (χ2v) is 3.43. The summed E-state index contributed by atoms with van der Waals surface area (Å²) in [5.74, 6) is -4.69. The Bertz CT molecular complexity index is 543. The third-order valence-electron chi connectivity index (χ3n) is 1.89. The number of aromatic carboxylic acids is 1. The third-order valence-corrected chi connectivity index (χ3v) is 1.89. The van der Waals surface area contributed by atoms with Crippen LogP contribution in [-0.4, -0.2) is 30.0 Å². The lowest BCUT2D eigenvalue weighted by Gasteiger charge is -2.11. The standard InChI is InChI=1S/C10H6F5NO4/c11-5-1-4(8(17)18)7(2-6(5)12)16-9(19)20-3-10(13,14)15/h1-2H,3H2,(H,16,19)(H,17,18). The van der Waals surface area contributed by atoms with Crippen LogP contribution < -0.4 is 5.32 Å². The van der Waals surface area contributed by atoms with Crippen molar-refractivity contribution < 1.29 is 41.4 Å². The van der Waals surface area contributed by atoms with Gasteiger partial charge < -0.3 is 9.84 Å². The van der Waals surface area contributed by atoms with E-state index in [9.17, 15) is 31.5 Å². The summed E-state index contributed by atoms with van der Waals surface area (Å²) in [5.41, 5.74) is -1.57. The Morgan fingerprint density at radius 2 is 1.75 bits per heavy atom. The average molecular weight is 299 g/mol. The lowest BCUT2D eigenvalue weighted by molar-refractivity contribution is -0.159. The predicted octanol–water partition coefficient (Wildman–Crippen LogP) is 2.77. The van der Waals surface area contributed by atoms with Crippen LogP contribution in [-0.2, 0) is 4.74 Å². The third kappa shape index (κ3) is 4.37. The zero-order chi connectivity index (χ0) is 15.5. The fourth-order valence-corrected chi connectivity index (χ4v) is 1.12. The Morgan fingerprint density at radius 3 is 2.25 bits per heavy atom. The molecule has 110 valence electrons. The van der Waals surface area contributed by atoms with Crippen molar-refractivity contribution in [3.8, 4) is 0 Å². The van der Waals surface area contributed by atoms with Crippen molar-refractivity contribution >= 4 is 17.7 Å². The molecule has 1 aromatic rings. The van der Waals surface area contributed by atoms with Crippen molar-refractivity contribution in [2.75, 3.05) is 11.9 Å². The first-order valence-corrected chi connectivity index (χ1v) is 4.83. The monoisotopic (exact) mass is 299 g/mol. The number of ether oxygens (including phenoxy) is 1. The minimum atomic E-state index is -4.78. The van der Waals surface area contributed by atoms with Gasteiger partial charge in [-0.25, -0.2) is 18.4 Å². The summed E-state index contributed by atoms with van der Waals surface area (Å²) in [5, 5.41) is 10.3. The van der Waals surface area contributed by atoms with E-state index in [1.807, 2.05) is 0 Å². The fourth-order valence-electron chi connectivity index (χ4n) is 1.12. The number of hydrogen-bond donors (Lipinski definition) is 2. The van der Waals surface area contributed by atoms with E-state index >= 15 is 0 Å². The Balaban J connectivity index is 2.89. The molecule has 1 amide bonds. The number of hydrogen-bond acceptors (Lipinski definition) is 3. The van der Waals surface area contributed by atoms with Crippen molar-refractivity contribution in [2.24, 2.45) is 0 Å². The van der Waals surface area contributed by atoms with Gasteiger partial charge in [0.1, 0.15) is 0 Å². The summed E-state index contributed by atoms with van der Waals surface area (Å²) in [6.45, 7) is -1.91. The number of carbonyl (C=O) groups is 2. The molecule has 0 aromatic heterocycles. The van der Waals surface area contributed by atoms with Gasteiger partial charge in [-0.3, -0.25) is 5.32 Å². The minimum Gasteiger partial charge on any atom is -0.478 e. The number of carbonyl (C=O) groups excluding carboxylic acids is 1. The van der Waals surface area contributed by atoms with E-state index in [1.165, 1.54) is 0 Å². The molecule has 0 unspecified atom stereocenters. The van der Waals surface area contributed by atoms with Crippen LogP contribution in [0.3, 0.4) is 0 Å². The van der Waals surface area contributed by atoms with Gasteiger partial charge in [-0.05, 0) is 6.07 Å². The second-order valence-electron chi connectivity index (χ2n) is 3.43. The van der Waals surface area contributed by atoms with Crippen LogP contribution >= 0.6 is 0 Å². The number of carboxylic acid groups (broad SMARTS) is 1. The lowest BCUT2D eigenvalue weighted by Crippen LogP contribution is -2.24. The van der Waals surface area contributed by atoms with E-state index in [0.717, 1.165) is 0 Å². The summed E-state index contributed by atoms with van der Waals surface area (Å²) in [7, 11) is 0. The predicted molar refractivity (Wildman–Crippen MR) is 54.3 cm³/mol. The molecule has 20 heavy (non-hydrogen) atoms. The number of nitrogens with one attached hydrogen (secondary N) is 1. The number of halogens is 5. The molecule has 0 saturated heterocycles. The zero-order valence-corrected chi connectivity index (χ0v) is 9.42. The van der Waals surface area contributed by atoms with Gasteiger partial charge >= 0.3 is 18.2 Å². The molecule has 0 atom stereocenters. The van der Waals surface area contributed by atoms with Crippen LogP contribution in [0.25, 0.3) is 0 Å². The fraction of sp³-hybridized carbons (Fsp3) is 0.200. The van der Waals surface area contributed by atoms with E-state index in [0.29, 0.717) is 6.07 Å². The highest BCUT2D eigenvalue weighted by Crippen LogP contribution is 2.21. The molecule has 5 nitrogen and oxygen atoms in total. The van der Waals surface area contributed by atoms with Gasteiger partial charge in [0, 0.05) is 6.07 Å². The number of carboxylic acids is 1. The molecule has 0 aliphatic carbocycles. The molecular weight excluding hydrogens is 293 g/mol. The summed E-state index contributed by atoms with van der Waals surface area (Å²) in [6.07, 6.45) is -6.43. The van der Waals surface area contributed by atoms with Crippen molar-refractivity contribution in [1.82, 2.24) is 0 Å². The van der Waals surface area contributed by atoms with Crippen LogP contribution in [0, 0.1) is 11.6 Å². The molecule has 0 spiro atoms. The van der Waals surface area contributed by atoms with Crippen LogP contribution in [0.4, 0.5) is 32.4 Å². The maximum absolute atomic E-state index is 12.9. The van der Waals surface area contributed by atoms with Gasteiger partial charge in [0.2, 0.25) is 0 Å². The van der Waals surface area contributed by atoms with Gasteiger partial charge in [-0.2, -0.15) is 13.2 Å². The number of alkyl halides is 3. The Morgan fingerprint density at radius 1 is 1.20 bits per heavy atom. The summed E-state index contributed by atoms with van der Waals surface area (Å²) < 4.78 is 64.8. The molecule has 10 heteroatoms. The number of rotatable bonds is 3. The smallest absolute Gasteiger partial charge is 0.422 e. The van der Waals surface area contributed by atoms with Crippen molar-refractivity contribution in [1.29, 1.82) is 0 Å². The van der Waals surface area contributed by atoms with Crippen molar-refractivity contribution in [3.63, 3.8) is 0 Å². The van der Waals surface area contributed by atoms with E-state index in [2.05, 4.69) is 4.74 Å². The first kappa shape index (κ1) is 15.7. The Labute approximate surface area is 107 Å². The lowest BCUT2D eigenvalue weighted by atomic mass is 10.1. The zero-order valence-electron chi connectivity index (χ0n) is 9.42. The molecular formula is C10H6F5NO4. The maximum Gasteiger partial charge on any atom is 0.422 e. The van der Waals surface area contributed by atoms with E-state index in [-0.39, 0.29) is 6.07 Å². The largest absolute Gasteiger partial charge is 0.478 e. The van der Waals surface area contributed by atoms with E-state index in [4.69, 9.17) is 5.11 Å². The molecule has 0 fully saturated rings.